The van der Waals surface area contributed by atoms with Gasteiger partial charge in [0.2, 0.25) is 5.91 Å². The number of ether oxygens (including phenoxy) is 1. The van der Waals surface area contributed by atoms with Crippen LogP contribution in [0.15, 0.2) is 47.4 Å². The van der Waals surface area contributed by atoms with Crippen molar-refractivity contribution in [1.29, 1.82) is 0 Å². The summed E-state index contributed by atoms with van der Waals surface area (Å²) in [5.74, 6) is -0.495. The van der Waals surface area contributed by atoms with Crippen LogP contribution in [0.5, 0.6) is 5.75 Å². The van der Waals surface area contributed by atoms with Gasteiger partial charge in [-0.05, 0) is 50.8 Å². The number of methoxy groups -OCH3 is 1. The van der Waals surface area contributed by atoms with Gasteiger partial charge in [0.15, 0.2) is 0 Å². The first-order chi connectivity index (χ1) is 14.5. The van der Waals surface area contributed by atoms with Gasteiger partial charge in [0.1, 0.15) is 11.3 Å². The van der Waals surface area contributed by atoms with Crippen molar-refractivity contribution in [2.45, 2.75) is 17.4 Å². The van der Waals surface area contributed by atoms with Gasteiger partial charge in [0, 0.05) is 5.56 Å². The highest BCUT2D eigenvalue weighted by molar-refractivity contribution is 7.92. The zero-order valence-corrected chi connectivity index (χ0v) is 18.7. The van der Waals surface area contributed by atoms with Crippen LogP contribution in [0.2, 0.25) is 0 Å². The number of nitrogens with zero attached hydrogens (tertiary/aromatic N) is 2. The predicted octanol–water partition coefficient (Wildman–Crippen LogP) is 1.05. The van der Waals surface area contributed by atoms with Crippen molar-refractivity contribution in [2.75, 3.05) is 39.0 Å². The van der Waals surface area contributed by atoms with Crippen molar-refractivity contribution < 1.29 is 22.7 Å². The Morgan fingerprint density at radius 2 is 1.81 bits per heavy atom. The zero-order valence-electron chi connectivity index (χ0n) is 17.9. The maximum Gasteiger partial charge on any atom is 0.262 e. The molecule has 1 heterocycles. The molecule has 0 aromatic heterocycles. The van der Waals surface area contributed by atoms with E-state index >= 15 is 0 Å². The summed E-state index contributed by atoms with van der Waals surface area (Å²) in [6.45, 7) is 1.94. The topological polar surface area (TPSA) is 122 Å². The van der Waals surface area contributed by atoms with Crippen LogP contribution >= 0.6 is 0 Å². The number of nitrogens with two attached hydrogens (primary N) is 1. The molecule has 3 rings (SSSR count). The van der Waals surface area contributed by atoms with Gasteiger partial charge in [0.25, 0.3) is 15.9 Å². The van der Waals surface area contributed by atoms with Crippen LogP contribution in [0, 0.1) is 6.92 Å². The van der Waals surface area contributed by atoms with Gasteiger partial charge < -0.3 is 15.4 Å². The molecule has 2 aromatic rings. The molecule has 0 aliphatic carbocycles. The van der Waals surface area contributed by atoms with Crippen LogP contribution in [-0.2, 0) is 14.8 Å². The van der Waals surface area contributed by atoms with Crippen molar-refractivity contribution in [1.82, 2.24) is 9.80 Å². The maximum atomic E-state index is 13.0. The fourth-order valence-electron chi connectivity index (χ4n) is 3.52. The third-order valence-corrected chi connectivity index (χ3v) is 7.09. The van der Waals surface area contributed by atoms with E-state index in [2.05, 4.69) is 4.72 Å². The number of carbonyl (C=O) groups excluding carboxylic acids is 2. The van der Waals surface area contributed by atoms with Crippen molar-refractivity contribution >= 4 is 27.5 Å². The third kappa shape index (κ3) is 4.08. The Morgan fingerprint density at radius 1 is 1.16 bits per heavy atom. The minimum atomic E-state index is -3.98. The average molecular weight is 447 g/mol. The van der Waals surface area contributed by atoms with Crippen LogP contribution < -0.4 is 15.2 Å². The van der Waals surface area contributed by atoms with Crippen molar-refractivity contribution in [3.05, 3.63) is 53.6 Å². The molecule has 2 aromatic carbocycles. The van der Waals surface area contributed by atoms with E-state index in [1.807, 2.05) is 0 Å². The van der Waals surface area contributed by atoms with E-state index in [1.165, 1.54) is 18.1 Å². The first kappa shape index (κ1) is 22.6. The zero-order chi connectivity index (χ0) is 23.0. The lowest BCUT2D eigenvalue weighted by Gasteiger charge is -2.51. The maximum absolute atomic E-state index is 13.0. The molecule has 1 aliphatic heterocycles. The van der Waals surface area contributed by atoms with Crippen LogP contribution in [0.1, 0.15) is 15.9 Å². The molecule has 0 radical (unpaired) electrons. The summed E-state index contributed by atoms with van der Waals surface area (Å²) in [6, 6.07) is 11.1. The SMILES string of the molecule is COc1ccccc1NS(=O)(=O)c1cc(C(=O)N2CC(C(N)=O)(N(C)C)C2)ccc1C. The molecule has 166 valence electrons. The quantitative estimate of drug-likeness (QED) is 0.656. The number of aryl methyl sites for hydroxylation is 1. The number of hydrogen-bond acceptors (Lipinski definition) is 6. The predicted molar refractivity (Wildman–Crippen MR) is 116 cm³/mol. The van der Waals surface area contributed by atoms with Crippen molar-refractivity contribution in [3.63, 3.8) is 0 Å². The summed E-state index contributed by atoms with van der Waals surface area (Å²) < 4.78 is 33.8. The molecule has 0 spiro atoms. The minimum Gasteiger partial charge on any atom is -0.495 e. The van der Waals surface area contributed by atoms with Crippen LogP contribution in [0.3, 0.4) is 0 Å². The molecule has 1 saturated heterocycles. The number of para-hydroxylation sites is 2. The van der Waals surface area contributed by atoms with Crippen LogP contribution in [-0.4, -0.2) is 69.9 Å². The summed E-state index contributed by atoms with van der Waals surface area (Å²) in [7, 11) is 0.927. The molecule has 9 nitrogen and oxygen atoms in total. The molecule has 2 amide bonds. The number of nitrogens with one attached hydrogen (secondary N) is 1. The molecule has 1 aliphatic rings. The molecule has 3 N–H and O–H groups in total. The number of likely N-dealkylation sites (tertiary alicyclic amines) is 1. The van der Waals surface area contributed by atoms with Crippen LogP contribution in [0.25, 0.3) is 0 Å². The molecular weight excluding hydrogens is 420 g/mol. The van der Waals surface area contributed by atoms with E-state index in [-0.39, 0.29) is 29.5 Å². The third-order valence-electron chi connectivity index (χ3n) is 5.58. The normalized spacial score (nSPS) is 15.3. The smallest absolute Gasteiger partial charge is 0.262 e. The van der Waals surface area contributed by atoms with Gasteiger partial charge in [-0.1, -0.05) is 18.2 Å². The van der Waals surface area contributed by atoms with E-state index in [1.54, 1.807) is 62.3 Å². The molecule has 1 fully saturated rings. The lowest BCUT2D eigenvalue weighted by Crippen LogP contribution is -2.75. The van der Waals surface area contributed by atoms with Crippen LogP contribution in [0.4, 0.5) is 5.69 Å². The number of benzene rings is 2. The Hall–Kier alpha value is -3.11. The molecule has 10 heteroatoms. The van der Waals surface area contributed by atoms with E-state index in [4.69, 9.17) is 10.5 Å². The monoisotopic (exact) mass is 446 g/mol. The van der Waals surface area contributed by atoms with Gasteiger partial charge in [0.05, 0.1) is 30.8 Å². The van der Waals surface area contributed by atoms with Gasteiger partial charge in [-0.15, -0.1) is 0 Å². The fourth-order valence-corrected chi connectivity index (χ4v) is 4.86. The fraction of sp³-hybridized carbons (Fsp3) is 0.333. The Labute approximate surface area is 181 Å². The van der Waals surface area contributed by atoms with E-state index < -0.39 is 21.5 Å². The molecule has 0 bridgehead atoms. The average Bonchev–Trinajstić information content (AvgIpc) is 2.66. The summed E-state index contributed by atoms with van der Waals surface area (Å²) in [6.07, 6.45) is 0. The van der Waals surface area contributed by atoms with E-state index in [0.717, 1.165) is 0 Å². The Kier molecular flexibility index (Phi) is 5.97. The number of carbonyl (C=O) groups is 2. The number of sulfonamides is 1. The standard InChI is InChI=1S/C21H26N4O5S/c1-14-9-10-15(19(26)25-12-21(13-25,20(22)27)24(2)3)11-18(14)31(28,29)23-16-7-5-6-8-17(16)30-4/h5-11,23H,12-13H2,1-4H3,(H2,22,27). The second kappa shape index (κ2) is 8.20. The first-order valence-corrected chi connectivity index (χ1v) is 11.0. The van der Waals surface area contributed by atoms with Gasteiger partial charge in [-0.3, -0.25) is 19.2 Å². The van der Waals surface area contributed by atoms with E-state index in [9.17, 15) is 18.0 Å². The Balaban J connectivity index is 1.87. The number of primary amides is 1. The van der Waals surface area contributed by atoms with E-state index in [0.29, 0.717) is 17.0 Å². The Bertz CT molecular complexity index is 1120. The molecular formula is C21H26N4O5S. The Morgan fingerprint density at radius 3 is 2.39 bits per heavy atom. The summed E-state index contributed by atoms with van der Waals surface area (Å²) in [5, 5.41) is 0. The molecule has 0 unspecified atom stereocenters. The number of likely N-dealkylation sites (N-methyl/N-ethyl adjacent to an activating group) is 1. The molecule has 31 heavy (non-hydrogen) atoms. The number of amides is 2. The number of hydrogen-bond donors (Lipinski definition) is 2. The first-order valence-electron chi connectivity index (χ1n) is 9.55. The van der Waals surface area contributed by atoms with Gasteiger partial charge in [-0.2, -0.15) is 0 Å². The van der Waals surface area contributed by atoms with Gasteiger partial charge >= 0.3 is 0 Å². The highest BCUT2D eigenvalue weighted by atomic mass is 32.2. The molecule has 0 saturated carbocycles. The number of rotatable bonds is 7. The lowest BCUT2D eigenvalue weighted by molar-refractivity contribution is -0.137. The highest BCUT2D eigenvalue weighted by Gasteiger charge is 2.51. The number of anilines is 1. The highest BCUT2D eigenvalue weighted by Crippen LogP contribution is 2.30. The second-order valence-corrected chi connectivity index (χ2v) is 9.39. The largest absolute Gasteiger partial charge is 0.495 e. The second-order valence-electron chi connectivity index (χ2n) is 7.74. The summed E-state index contributed by atoms with van der Waals surface area (Å²) >= 11 is 0. The minimum absolute atomic E-state index is 0.0152. The van der Waals surface area contributed by atoms with Gasteiger partial charge in [-0.25, -0.2) is 8.42 Å². The molecule has 0 atom stereocenters. The summed E-state index contributed by atoms with van der Waals surface area (Å²) in [5.41, 5.74) is 5.59. The van der Waals surface area contributed by atoms with Crippen molar-refractivity contribution in [3.8, 4) is 5.75 Å². The van der Waals surface area contributed by atoms with Crippen molar-refractivity contribution in [2.24, 2.45) is 5.73 Å². The lowest BCUT2D eigenvalue weighted by atomic mass is 9.87. The summed E-state index contributed by atoms with van der Waals surface area (Å²) in [4.78, 5) is 27.9.